The van der Waals surface area contributed by atoms with Crippen molar-refractivity contribution in [2.75, 3.05) is 18.6 Å². The number of thioether (sulfide) groups is 2. The van der Waals surface area contributed by atoms with E-state index in [1.807, 2.05) is 50.4 Å². The number of ketones is 1. The number of oxazole rings is 1. The molecule has 0 N–H and O–H groups in total. The highest BCUT2D eigenvalue weighted by Gasteiger charge is 2.60. The van der Waals surface area contributed by atoms with E-state index < -0.39 is 5.41 Å². The maximum atomic E-state index is 13.0. The number of ether oxygens (including phenoxy) is 1. The number of aryl methyl sites for hydroxylation is 1. The molecule has 2 aliphatic rings. The number of allylic oxidation sites excluding steroid dienone is 4. The Morgan fingerprint density at radius 1 is 1.43 bits per heavy atom. The molecule has 3 rings (SSSR count). The van der Waals surface area contributed by atoms with Crippen molar-refractivity contribution in [2.24, 2.45) is 5.41 Å². The van der Waals surface area contributed by atoms with Crippen LogP contribution in [0.1, 0.15) is 31.9 Å². The van der Waals surface area contributed by atoms with Gasteiger partial charge in [0.2, 0.25) is 5.89 Å². The van der Waals surface area contributed by atoms with E-state index in [2.05, 4.69) is 11.1 Å². The minimum Gasteiger partial charge on any atom is -0.467 e. The highest BCUT2D eigenvalue weighted by atomic mass is 32.2. The molecule has 124 valence electrons. The van der Waals surface area contributed by atoms with E-state index in [1.165, 1.54) is 0 Å². The summed E-state index contributed by atoms with van der Waals surface area (Å²) in [6.45, 7) is 5.76. The zero-order valence-corrected chi connectivity index (χ0v) is 15.5. The number of nitrogens with zero attached hydrogens (tertiary/aromatic N) is 1. The molecule has 4 nitrogen and oxygen atoms in total. The molecule has 0 aromatic carbocycles. The highest BCUT2D eigenvalue weighted by molar-refractivity contribution is 8.21. The van der Waals surface area contributed by atoms with Crippen LogP contribution in [0.25, 0.3) is 5.57 Å². The maximum absolute atomic E-state index is 13.0. The Bertz CT molecular complexity index is 686. The second kappa shape index (κ2) is 6.06. The zero-order chi connectivity index (χ0) is 16.7. The molecular formula is C17H21NO3S2. The molecule has 1 saturated heterocycles. The topological polar surface area (TPSA) is 52.3 Å². The number of carbonyl (C=O) groups excluding carboxylic acids is 1. The van der Waals surface area contributed by atoms with Crippen LogP contribution in [-0.2, 0) is 4.79 Å². The van der Waals surface area contributed by atoms with Crippen LogP contribution < -0.4 is 4.74 Å². The van der Waals surface area contributed by atoms with Gasteiger partial charge in [0.05, 0.1) is 16.6 Å². The molecule has 2 heterocycles. The van der Waals surface area contributed by atoms with E-state index in [0.29, 0.717) is 17.5 Å². The van der Waals surface area contributed by atoms with Crippen LogP contribution in [0.2, 0.25) is 0 Å². The lowest BCUT2D eigenvalue weighted by atomic mass is 9.77. The molecule has 23 heavy (non-hydrogen) atoms. The van der Waals surface area contributed by atoms with Gasteiger partial charge in [-0.2, -0.15) is 0 Å². The summed E-state index contributed by atoms with van der Waals surface area (Å²) >= 11 is 3.77. The molecule has 1 atom stereocenters. The molecule has 1 aliphatic heterocycles. The molecular weight excluding hydrogens is 330 g/mol. The van der Waals surface area contributed by atoms with Crippen molar-refractivity contribution in [2.45, 2.75) is 31.3 Å². The van der Waals surface area contributed by atoms with Crippen LogP contribution >= 0.6 is 23.5 Å². The summed E-state index contributed by atoms with van der Waals surface area (Å²) in [4.78, 5) is 17.5. The lowest BCUT2D eigenvalue weighted by Crippen LogP contribution is -2.42. The average Bonchev–Trinajstić information content (AvgIpc) is 3.21. The number of aromatic nitrogens is 1. The Labute approximate surface area is 145 Å². The fourth-order valence-electron chi connectivity index (χ4n) is 3.34. The Hall–Kier alpha value is -1.14. The Balaban J connectivity index is 2.09. The number of hydrogen-bond donors (Lipinski definition) is 0. The minimum atomic E-state index is -0.645. The normalized spacial score (nSPS) is 26.2. The summed E-state index contributed by atoms with van der Waals surface area (Å²) in [5, 5.41) is 0. The van der Waals surface area contributed by atoms with Crippen molar-refractivity contribution in [1.82, 2.24) is 4.98 Å². The third-order valence-electron chi connectivity index (χ3n) is 4.61. The van der Waals surface area contributed by atoms with Gasteiger partial charge < -0.3 is 9.15 Å². The number of methoxy groups -OCH3 is 1. The van der Waals surface area contributed by atoms with Gasteiger partial charge in [-0.3, -0.25) is 4.79 Å². The van der Waals surface area contributed by atoms with Gasteiger partial charge in [-0.05, 0) is 33.3 Å². The summed E-state index contributed by atoms with van der Waals surface area (Å²) in [6.07, 6.45) is 6.45. The maximum Gasteiger partial charge on any atom is 0.308 e. The van der Waals surface area contributed by atoms with E-state index in [4.69, 9.17) is 9.15 Å². The smallest absolute Gasteiger partial charge is 0.308 e. The highest BCUT2D eigenvalue weighted by Crippen LogP contribution is 2.65. The monoisotopic (exact) mass is 351 g/mol. The summed E-state index contributed by atoms with van der Waals surface area (Å²) in [7, 11) is 1.56. The first kappa shape index (κ1) is 16.7. The van der Waals surface area contributed by atoms with Gasteiger partial charge in [0, 0.05) is 17.1 Å². The second-order valence-corrected chi connectivity index (χ2v) is 8.90. The fourth-order valence-corrected chi connectivity index (χ4v) is 6.90. The van der Waals surface area contributed by atoms with Crippen molar-refractivity contribution < 1.29 is 13.9 Å². The van der Waals surface area contributed by atoms with E-state index >= 15 is 0 Å². The number of carbonyl (C=O) groups is 1. The second-order valence-electron chi connectivity index (χ2n) is 5.86. The zero-order valence-electron chi connectivity index (χ0n) is 13.8. The van der Waals surface area contributed by atoms with Gasteiger partial charge in [0.1, 0.15) is 5.69 Å². The van der Waals surface area contributed by atoms with Crippen LogP contribution in [0.4, 0.5) is 0 Å². The number of hydrogen-bond acceptors (Lipinski definition) is 6. The van der Waals surface area contributed by atoms with E-state index in [9.17, 15) is 4.79 Å². The SMILES string of the molecule is C/C=C/C(=O)C1(C)C(c2nc(C)c(OC)o2)=CCC12SCCS2. The van der Waals surface area contributed by atoms with Crippen LogP contribution in [0.15, 0.2) is 22.6 Å². The van der Waals surface area contributed by atoms with Gasteiger partial charge in [-0.1, -0.05) is 12.2 Å². The van der Waals surface area contributed by atoms with E-state index in [1.54, 1.807) is 13.2 Å². The van der Waals surface area contributed by atoms with E-state index in [-0.39, 0.29) is 9.86 Å². The summed E-state index contributed by atoms with van der Waals surface area (Å²) in [5.41, 5.74) is 0.944. The predicted molar refractivity (Wildman–Crippen MR) is 96.0 cm³/mol. The van der Waals surface area contributed by atoms with Gasteiger partial charge in [-0.15, -0.1) is 23.5 Å². The van der Waals surface area contributed by atoms with Gasteiger partial charge in [0.15, 0.2) is 5.78 Å². The standard InChI is InChI=1S/C17H21NO3S2/c1-5-6-13(19)16(3)12(7-8-17(16)22-9-10-23-17)14-18-11(2)15(20-4)21-14/h5-7H,8-10H2,1-4H3/b6-5+. The first-order valence-electron chi connectivity index (χ1n) is 7.66. The van der Waals surface area contributed by atoms with Crippen LogP contribution in [0.3, 0.4) is 0 Å². The molecule has 0 saturated carbocycles. The lowest BCUT2D eigenvalue weighted by molar-refractivity contribution is -0.120. The molecule has 0 radical (unpaired) electrons. The fraction of sp³-hybridized carbons (Fsp3) is 0.529. The average molecular weight is 351 g/mol. The largest absolute Gasteiger partial charge is 0.467 e. The van der Waals surface area contributed by atoms with Crippen molar-refractivity contribution in [1.29, 1.82) is 0 Å². The van der Waals surface area contributed by atoms with Crippen LogP contribution in [0, 0.1) is 12.3 Å². The predicted octanol–water partition coefficient (Wildman–Crippen LogP) is 4.11. The van der Waals surface area contributed by atoms with Gasteiger partial charge in [-0.25, -0.2) is 4.98 Å². The molecule has 1 aliphatic carbocycles. The first-order chi connectivity index (χ1) is 11.0. The van der Waals surface area contributed by atoms with Gasteiger partial charge >= 0.3 is 5.95 Å². The van der Waals surface area contributed by atoms with Gasteiger partial charge in [0.25, 0.3) is 0 Å². The van der Waals surface area contributed by atoms with E-state index in [0.717, 1.165) is 23.5 Å². The molecule has 0 bridgehead atoms. The molecule has 1 aromatic heterocycles. The Kier molecular flexibility index (Phi) is 4.40. The van der Waals surface area contributed by atoms with Crippen molar-refractivity contribution >= 4 is 34.9 Å². The lowest BCUT2D eigenvalue weighted by Gasteiger charge is -2.39. The summed E-state index contributed by atoms with van der Waals surface area (Å²) in [5.74, 6) is 3.16. The third kappa shape index (κ3) is 2.38. The Morgan fingerprint density at radius 2 is 2.13 bits per heavy atom. The molecule has 6 heteroatoms. The number of rotatable bonds is 4. The van der Waals surface area contributed by atoms with Crippen molar-refractivity contribution in [3.63, 3.8) is 0 Å². The summed E-state index contributed by atoms with van der Waals surface area (Å²) < 4.78 is 10.8. The minimum absolute atomic E-state index is 0.112. The molecule has 1 fully saturated rings. The molecule has 1 unspecified atom stereocenters. The Morgan fingerprint density at radius 3 is 2.70 bits per heavy atom. The van der Waals surface area contributed by atoms with Crippen LogP contribution in [0.5, 0.6) is 5.95 Å². The molecule has 1 spiro atoms. The van der Waals surface area contributed by atoms with Crippen molar-refractivity contribution in [3.8, 4) is 5.95 Å². The molecule has 0 amide bonds. The summed E-state index contributed by atoms with van der Waals surface area (Å²) in [6, 6.07) is 0. The van der Waals surface area contributed by atoms with Crippen molar-refractivity contribution in [3.05, 3.63) is 29.8 Å². The first-order valence-corrected chi connectivity index (χ1v) is 9.63. The quantitative estimate of drug-likeness (QED) is 0.761. The molecule has 1 aromatic rings. The third-order valence-corrected chi connectivity index (χ3v) is 8.47. The van der Waals surface area contributed by atoms with Crippen LogP contribution in [-0.4, -0.2) is 33.5 Å².